The predicted octanol–water partition coefficient (Wildman–Crippen LogP) is 4.37. The van der Waals surface area contributed by atoms with Crippen LogP contribution in [0.5, 0.6) is 0 Å². The van der Waals surface area contributed by atoms with Crippen LogP contribution in [-0.4, -0.2) is 19.0 Å². The molecule has 0 bridgehead atoms. The minimum absolute atomic E-state index is 0.0809. The molecule has 0 saturated carbocycles. The van der Waals surface area contributed by atoms with Gasteiger partial charge >= 0.3 is 0 Å². The Morgan fingerprint density at radius 1 is 0.739 bits per heavy atom. The number of ether oxygens (including phenoxy) is 1. The third kappa shape index (κ3) is 3.85. The Bertz CT molecular complexity index is 697. The van der Waals surface area contributed by atoms with Gasteiger partial charge in [0.15, 0.2) is 5.78 Å². The molecule has 2 aromatic rings. The fraction of sp³-hybridized carbons (Fsp3) is 0.190. The van der Waals surface area contributed by atoms with Crippen LogP contribution in [0.15, 0.2) is 59.7 Å². The first kappa shape index (κ1) is 15.4. The van der Waals surface area contributed by atoms with Gasteiger partial charge in [-0.25, -0.2) is 0 Å². The van der Waals surface area contributed by atoms with Crippen LogP contribution in [0.1, 0.15) is 22.3 Å². The summed E-state index contributed by atoms with van der Waals surface area (Å²) in [5.41, 5.74) is 5.88. The van der Waals surface area contributed by atoms with E-state index in [1.807, 2.05) is 74.5 Å². The minimum Gasteiger partial charge on any atom is -0.372 e. The summed E-state index contributed by atoms with van der Waals surface area (Å²) in [7, 11) is 0. The first-order valence-electron chi connectivity index (χ1n) is 7.79. The van der Waals surface area contributed by atoms with Crippen LogP contribution in [-0.2, 0) is 9.53 Å². The highest BCUT2D eigenvalue weighted by atomic mass is 16.5. The molecule has 3 rings (SSSR count). The number of hydrogen-bond acceptors (Lipinski definition) is 2. The summed E-state index contributed by atoms with van der Waals surface area (Å²) in [6.07, 6.45) is 3.84. The number of benzene rings is 2. The standard InChI is InChI=1S/C21H20O2/c1-15-3-7-17(8-4-15)11-19-13-23-14-20(21(19)22)12-18-9-5-16(2)6-10-18/h3-12H,13-14H2,1-2H3/b19-11-,20-12-. The van der Waals surface area contributed by atoms with Crippen molar-refractivity contribution >= 4 is 17.9 Å². The molecule has 0 unspecified atom stereocenters. The van der Waals surface area contributed by atoms with Crippen molar-refractivity contribution in [1.82, 2.24) is 0 Å². The fourth-order valence-corrected chi connectivity index (χ4v) is 2.55. The Balaban J connectivity index is 1.86. The van der Waals surface area contributed by atoms with Crippen LogP contribution in [0, 0.1) is 13.8 Å². The number of aryl methyl sites for hydroxylation is 2. The van der Waals surface area contributed by atoms with Gasteiger partial charge in [0.25, 0.3) is 0 Å². The zero-order valence-corrected chi connectivity index (χ0v) is 13.5. The van der Waals surface area contributed by atoms with E-state index in [4.69, 9.17) is 4.74 Å². The average Bonchev–Trinajstić information content (AvgIpc) is 2.55. The molecule has 0 N–H and O–H groups in total. The Morgan fingerprint density at radius 3 is 1.52 bits per heavy atom. The summed E-state index contributed by atoms with van der Waals surface area (Å²) in [4.78, 5) is 12.7. The summed E-state index contributed by atoms with van der Waals surface area (Å²) in [5.74, 6) is 0.0809. The predicted molar refractivity (Wildman–Crippen MR) is 94.1 cm³/mol. The Morgan fingerprint density at radius 2 is 1.13 bits per heavy atom. The average molecular weight is 304 g/mol. The van der Waals surface area contributed by atoms with Crippen molar-refractivity contribution in [3.05, 3.63) is 81.9 Å². The zero-order chi connectivity index (χ0) is 16.2. The van der Waals surface area contributed by atoms with Gasteiger partial charge in [-0.3, -0.25) is 4.79 Å². The molecule has 1 fully saturated rings. The number of hydrogen-bond donors (Lipinski definition) is 0. The number of carbonyl (C=O) groups is 1. The van der Waals surface area contributed by atoms with Crippen LogP contribution < -0.4 is 0 Å². The van der Waals surface area contributed by atoms with Crippen molar-refractivity contribution in [3.63, 3.8) is 0 Å². The second-order valence-electron chi connectivity index (χ2n) is 5.98. The summed E-state index contributed by atoms with van der Waals surface area (Å²) >= 11 is 0. The van der Waals surface area contributed by atoms with Crippen LogP contribution in [0.25, 0.3) is 12.2 Å². The van der Waals surface area contributed by atoms with Gasteiger partial charge < -0.3 is 4.74 Å². The van der Waals surface area contributed by atoms with Gasteiger partial charge in [0, 0.05) is 11.1 Å². The van der Waals surface area contributed by atoms with Crippen molar-refractivity contribution in [3.8, 4) is 0 Å². The SMILES string of the molecule is Cc1ccc(/C=C2/COC/C(=C/c3ccc(C)cc3)C2=O)cc1. The van der Waals surface area contributed by atoms with E-state index in [-0.39, 0.29) is 5.78 Å². The number of Topliss-reactive ketones (excluding diaryl/α,β-unsaturated/α-hetero) is 1. The van der Waals surface area contributed by atoms with Crippen molar-refractivity contribution in [2.75, 3.05) is 13.2 Å². The molecule has 0 amide bonds. The Kier molecular flexibility index (Phi) is 4.54. The molecule has 116 valence electrons. The Hall–Kier alpha value is -2.45. The monoisotopic (exact) mass is 304 g/mol. The molecule has 1 heterocycles. The van der Waals surface area contributed by atoms with Crippen LogP contribution in [0.3, 0.4) is 0 Å². The van der Waals surface area contributed by atoms with Gasteiger partial charge in [0.1, 0.15) is 0 Å². The maximum absolute atomic E-state index is 12.7. The van der Waals surface area contributed by atoms with E-state index in [1.165, 1.54) is 11.1 Å². The lowest BCUT2D eigenvalue weighted by Crippen LogP contribution is -2.21. The van der Waals surface area contributed by atoms with E-state index in [0.717, 1.165) is 11.1 Å². The quantitative estimate of drug-likeness (QED) is 0.770. The van der Waals surface area contributed by atoms with Crippen molar-refractivity contribution in [1.29, 1.82) is 0 Å². The lowest BCUT2D eigenvalue weighted by atomic mass is 9.97. The molecule has 23 heavy (non-hydrogen) atoms. The fourth-order valence-electron chi connectivity index (χ4n) is 2.55. The van der Waals surface area contributed by atoms with Gasteiger partial charge in [0.2, 0.25) is 0 Å². The summed E-state index contributed by atoms with van der Waals surface area (Å²) < 4.78 is 5.60. The molecular weight excluding hydrogens is 284 g/mol. The second-order valence-corrected chi connectivity index (χ2v) is 5.98. The first-order chi connectivity index (χ1) is 11.1. The van der Waals surface area contributed by atoms with E-state index in [1.54, 1.807) is 0 Å². The lowest BCUT2D eigenvalue weighted by Gasteiger charge is -2.17. The molecule has 1 saturated heterocycles. The van der Waals surface area contributed by atoms with E-state index in [9.17, 15) is 4.79 Å². The molecular formula is C21H20O2. The maximum atomic E-state index is 12.7. The molecule has 1 aliphatic heterocycles. The molecule has 0 atom stereocenters. The number of rotatable bonds is 2. The third-order valence-electron chi connectivity index (χ3n) is 3.93. The normalized spacial score (nSPS) is 18.6. The third-order valence-corrected chi connectivity index (χ3v) is 3.93. The zero-order valence-electron chi connectivity index (χ0n) is 13.5. The van der Waals surface area contributed by atoms with Gasteiger partial charge in [0.05, 0.1) is 13.2 Å². The molecule has 0 radical (unpaired) electrons. The van der Waals surface area contributed by atoms with Crippen LogP contribution in [0.2, 0.25) is 0 Å². The van der Waals surface area contributed by atoms with E-state index >= 15 is 0 Å². The highest BCUT2D eigenvalue weighted by Crippen LogP contribution is 2.20. The Labute approximate surface area is 137 Å². The first-order valence-corrected chi connectivity index (χ1v) is 7.79. The minimum atomic E-state index is 0.0809. The molecule has 2 aromatic carbocycles. The molecule has 1 aliphatic rings. The maximum Gasteiger partial charge on any atom is 0.189 e. The number of carbonyl (C=O) groups excluding carboxylic acids is 1. The summed E-state index contributed by atoms with van der Waals surface area (Å²) in [6, 6.07) is 16.3. The lowest BCUT2D eigenvalue weighted by molar-refractivity contribution is -0.114. The molecule has 2 heteroatoms. The second kappa shape index (κ2) is 6.76. The summed E-state index contributed by atoms with van der Waals surface area (Å²) in [6.45, 7) is 4.85. The van der Waals surface area contributed by atoms with Crippen molar-refractivity contribution in [2.24, 2.45) is 0 Å². The van der Waals surface area contributed by atoms with Crippen molar-refractivity contribution in [2.45, 2.75) is 13.8 Å². The van der Waals surface area contributed by atoms with Crippen LogP contribution >= 0.6 is 0 Å². The molecule has 0 aliphatic carbocycles. The highest BCUT2D eigenvalue weighted by molar-refractivity contribution is 6.14. The van der Waals surface area contributed by atoms with E-state index < -0.39 is 0 Å². The van der Waals surface area contributed by atoms with Crippen molar-refractivity contribution < 1.29 is 9.53 Å². The van der Waals surface area contributed by atoms with Gasteiger partial charge in [-0.05, 0) is 37.1 Å². The van der Waals surface area contributed by atoms with Crippen LogP contribution in [0.4, 0.5) is 0 Å². The molecule has 0 aromatic heterocycles. The smallest absolute Gasteiger partial charge is 0.189 e. The largest absolute Gasteiger partial charge is 0.372 e. The van der Waals surface area contributed by atoms with E-state index in [2.05, 4.69) is 0 Å². The summed E-state index contributed by atoms with van der Waals surface area (Å²) in [5, 5.41) is 0. The van der Waals surface area contributed by atoms with E-state index in [0.29, 0.717) is 24.4 Å². The molecule has 2 nitrogen and oxygen atoms in total. The van der Waals surface area contributed by atoms with Gasteiger partial charge in [-0.1, -0.05) is 59.7 Å². The molecule has 0 spiro atoms. The van der Waals surface area contributed by atoms with Gasteiger partial charge in [-0.2, -0.15) is 0 Å². The van der Waals surface area contributed by atoms with Gasteiger partial charge in [-0.15, -0.1) is 0 Å². The highest BCUT2D eigenvalue weighted by Gasteiger charge is 2.21. The number of ketones is 1. The topological polar surface area (TPSA) is 26.3 Å².